The van der Waals surface area contributed by atoms with Crippen molar-refractivity contribution in [3.05, 3.63) is 59.3 Å². The molecule has 0 bridgehead atoms. The number of hydrogen-bond donors (Lipinski definition) is 4. The Labute approximate surface area is 149 Å². The standard InChI is InChI=1S/C20H19NO5/c1-11-6-16(22)19(17(23)7-11)18(24)9-12(20(25)26)8-13-10-21-15-5-3-2-4-14(13)15/h2-7,10,12,21-23H,8-9H2,1H3,(H,25,26)/t12-/m1/s1. The van der Waals surface area contributed by atoms with E-state index in [9.17, 15) is 24.9 Å². The van der Waals surface area contributed by atoms with E-state index < -0.39 is 17.7 Å². The van der Waals surface area contributed by atoms with E-state index in [1.807, 2.05) is 24.3 Å². The predicted octanol–water partition coefficient (Wildman–Crippen LogP) is 3.40. The number of aliphatic carboxylic acids is 1. The molecule has 0 aliphatic rings. The number of carboxylic acid groups (broad SMARTS) is 1. The summed E-state index contributed by atoms with van der Waals surface area (Å²) in [4.78, 5) is 27.3. The van der Waals surface area contributed by atoms with Gasteiger partial charge in [0.1, 0.15) is 17.1 Å². The van der Waals surface area contributed by atoms with Crippen molar-refractivity contribution >= 4 is 22.7 Å². The van der Waals surface area contributed by atoms with E-state index in [4.69, 9.17) is 0 Å². The molecule has 2 aromatic carbocycles. The summed E-state index contributed by atoms with van der Waals surface area (Å²) in [6.07, 6.45) is 1.59. The number of aromatic amines is 1. The lowest BCUT2D eigenvalue weighted by molar-refractivity contribution is -0.141. The van der Waals surface area contributed by atoms with Crippen LogP contribution in [0.25, 0.3) is 10.9 Å². The number of nitrogens with one attached hydrogen (secondary N) is 1. The number of Topliss-reactive ketones (excluding diaryl/α,β-unsaturated/α-hetero) is 1. The number of para-hydroxylation sites is 1. The number of carboxylic acids is 1. The molecule has 0 spiro atoms. The van der Waals surface area contributed by atoms with E-state index in [0.29, 0.717) is 5.56 Å². The van der Waals surface area contributed by atoms with Crippen molar-refractivity contribution in [1.29, 1.82) is 0 Å². The van der Waals surface area contributed by atoms with Crippen molar-refractivity contribution < 1.29 is 24.9 Å². The van der Waals surface area contributed by atoms with Crippen LogP contribution in [0, 0.1) is 12.8 Å². The molecule has 0 saturated carbocycles. The van der Waals surface area contributed by atoms with Crippen molar-refractivity contribution in [3.63, 3.8) is 0 Å². The number of phenols is 2. The number of carbonyl (C=O) groups is 2. The van der Waals surface area contributed by atoms with Gasteiger partial charge in [-0.15, -0.1) is 0 Å². The molecule has 0 fully saturated rings. The first-order chi connectivity index (χ1) is 12.4. The summed E-state index contributed by atoms with van der Waals surface area (Å²) < 4.78 is 0. The van der Waals surface area contributed by atoms with Gasteiger partial charge in [0, 0.05) is 23.5 Å². The molecular weight excluding hydrogens is 334 g/mol. The quantitative estimate of drug-likeness (QED) is 0.508. The highest BCUT2D eigenvalue weighted by Gasteiger charge is 2.26. The molecule has 0 radical (unpaired) electrons. The van der Waals surface area contributed by atoms with Gasteiger partial charge in [0.2, 0.25) is 0 Å². The van der Waals surface area contributed by atoms with Crippen LogP contribution in [-0.2, 0) is 11.2 Å². The maximum Gasteiger partial charge on any atom is 0.307 e. The molecule has 1 heterocycles. The smallest absolute Gasteiger partial charge is 0.307 e. The van der Waals surface area contributed by atoms with Gasteiger partial charge >= 0.3 is 5.97 Å². The second kappa shape index (κ2) is 6.92. The Balaban J connectivity index is 1.85. The van der Waals surface area contributed by atoms with Crippen molar-refractivity contribution in [1.82, 2.24) is 4.98 Å². The van der Waals surface area contributed by atoms with Crippen molar-refractivity contribution in [2.24, 2.45) is 5.92 Å². The fourth-order valence-electron chi connectivity index (χ4n) is 3.17. The van der Waals surface area contributed by atoms with E-state index in [-0.39, 0.29) is 29.9 Å². The molecule has 0 aliphatic carbocycles. The molecule has 1 aromatic heterocycles. The molecule has 4 N–H and O–H groups in total. The van der Waals surface area contributed by atoms with Crippen LogP contribution >= 0.6 is 0 Å². The van der Waals surface area contributed by atoms with Crippen molar-refractivity contribution in [2.45, 2.75) is 19.8 Å². The van der Waals surface area contributed by atoms with Gasteiger partial charge in [-0.3, -0.25) is 9.59 Å². The largest absolute Gasteiger partial charge is 0.507 e. The molecular formula is C20H19NO5. The molecule has 0 saturated heterocycles. The lowest BCUT2D eigenvalue weighted by Gasteiger charge is -2.13. The Morgan fingerprint density at radius 1 is 1.12 bits per heavy atom. The van der Waals surface area contributed by atoms with Gasteiger partial charge in [-0.05, 0) is 42.7 Å². The highest BCUT2D eigenvalue weighted by Crippen LogP contribution is 2.31. The zero-order chi connectivity index (χ0) is 18.8. The van der Waals surface area contributed by atoms with Crippen LogP contribution < -0.4 is 0 Å². The van der Waals surface area contributed by atoms with Crippen LogP contribution in [0.2, 0.25) is 0 Å². The number of ketones is 1. The molecule has 6 heteroatoms. The van der Waals surface area contributed by atoms with Crippen LogP contribution in [0.1, 0.15) is 27.9 Å². The minimum Gasteiger partial charge on any atom is -0.507 e. The topological polar surface area (TPSA) is 111 Å². The number of H-pyrrole nitrogens is 1. The maximum absolute atomic E-state index is 12.5. The summed E-state index contributed by atoms with van der Waals surface area (Å²) >= 11 is 0. The van der Waals surface area contributed by atoms with Gasteiger partial charge in [-0.1, -0.05) is 18.2 Å². The highest BCUT2D eigenvalue weighted by molar-refractivity contribution is 6.02. The van der Waals surface area contributed by atoms with Gasteiger partial charge in [-0.25, -0.2) is 0 Å². The zero-order valence-electron chi connectivity index (χ0n) is 14.2. The van der Waals surface area contributed by atoms with Gasteiger partial charge in [0.05, 0.1) is 5.92 Å². The molecule has 1 atom stereocenters. The average molecular weight is 353 g/mol. The molecule has 0 unspecified atom stereocenters. The summed E-state index contributed by atoms with van der Waals surface area (Å²) in [7, 11) is 0. The van der Waals surface area contributed by atoms with E-state index >= 15 is 0 Å². The lowest BCUT2D eigenvalue weighted by atomic mass is 9.91. The van der Waals surface area contributed by atoms with E-state index in [2.05, 4.69) is 4.98 Å². The third kappa shape index (κ3) is 3.39. The third-order valence-corrected chi connectivity index (χ3v) is 4.44. The predicted molar refractivity (Wildman–Crippen MR) is 96.6 cm³/mol. The summed E-state index contributed by atoms with van der Waals surface area (Å²) in [6.45, 7) is 1.67. The first-order valence-corrected chi connectivity index (χ1v) is 8.20. The Bertz CT molecular complexity index is 966. The second-order valence-corrected chi connectivity index (χ2v) is 6.40. The van der Waals surface area contributed by atoms with E-state index in [0.717, 1.165) is 16.5 Å². The zero-order valence-corrected chi connectivity index (χ0v) is 14.2. The van der Waals surface area contributed by atoms with Crippen LogP contribution in [0.3, 0.4) is 0 Å². The van der Waals surface area contributed by atoms with E-state index in [1.165, 1.54) is 12.1 Å². The highest BCUT2D eigenvalue weighted by atomic mass is 16.4. The minimum absolute atomic E-state index is 0.165. The lowest BCUT2D eigenvalue weighted by Crippen LogP contribution is -2.20. The number of hydrogen-bond acceptors (Lipinski definition) is 4. The maximum atomic E-state index is 12.5. The first kappa shape index (κ1) is 17.5. The van der Waals surface area contributed by atoms with E-state index in [1.54, 1.807) is 13.1 Å². The van der Waals surface area contributed by atoms with Crippen LogP contribution in [0.4, 0.5) is 0 Å². The molecule has 0 aliphatic heterocycles. The number of benzene rings is 2. The third-order valence-electron chi connectivity index (χ3n) is 4.44. The number of phenolic OH excluding ortho intramolecular Hbond substituents is 2. The Morgan fingerprint density at radius 3 is 2.42 bits per heavy atom. The number of aromatic hydroxyl groups is 2. The number of fused-ring (bicyclic) bond motifs is 1. The second-order valence-electron chi connectivity index (χ2n) is 6.40. The van der Waals surface area contributed by atoms with Crippen LogP contribution in [0.5, 0.6) is 11.5 Å². The molecule has 134 valence electrons. The van der Waals surface area contributed by atoms with Crippen LogP contribution in [0.15, 0.2) is 42.6 Å². The number of aromatic nitrogens is 1. The number of carbonyl (C=O) groups excluding carboxylic acids is 1. The number of rotatable bonds is 6. The average Bonchev–Trinajstić information content (AvgIpc) is 2.96. The fraction of sp³-hybridized carbons (Fsp3) is 0.200. The Kier molecular flexibility index (Phi) is 4.67. The monoisotopic (exact) mass is 353 g/mol. The number of aryl methyl sites for hydroxylation is 1. The summed E-state index contributed by atoms with van der Waals surface area (Å²) in [6, 6.07) is 10.2. The molecule has 0 amide bonds. The Hall–Kier alpha value is -3.28. The van der Waals surface area contributed by atoms with Gasteiger partial charge in [0.25, 0.3) is 0 Å². The van der Waals surface area contributed by atoms with Gasteiger partial charge < -0.3 is 20.3 Å². The summed E-state index contributed by atoms with van der Waals surface area (Å²) in [5.74, 6) is -3.36. The van der Waals surface area contributed by atoms with Crippen molar-refractivity contribution in [3.8, 4) is 11.5 Å². The fourth-order valence-corrected chi connectivity index (χ4v) is 3.17. The van der Waals surface area contributed by atoms with Gasteiger partial charge in [-0.2, -0.15) is 0 Å². The molecule has 3 aromatic rings. The normalized spacial score (nSPS) is 12.2. The summed E-state index contributed by atoms with van der Waals surface area (Å²) in [5, 5.41) is 30.4. The SMILES string of the molecule is Cc1cc(O)c(C(=O)C[C@@H](Cc2c[nH]c3ccccc23)C(=O)O)c(O)c1. The first-order valence-electron chi connectivity index (χ1n) is 8.20. The molecule has 3 rings (SSSR count). The van der Waals surface area contributed by atoms with Gasteiger partial charge in [0.15, 0.2) is 5.78 Å². The molecule has 26 heavy (non-hydrogen) atoms. The van der Waals surface area contributed by atoms with Crippen LogP contribution in [-0.4, -0.2) is 32.1 Å². The minimum atomic E-state index is -1.10. The molecule has 6 nitrogen and oxygen atoms in total. The van der Waals surface area contributed by atoms with Crippen molar-refractivity contribution in [2.75, 3.05) is 0 Å². The Morgan fingerprint density at radius 2 is 1.77 bits per heavy atom. The summed E-state index contributed by atoms with van der Waals surface area (Å²) in [5.41, 5.74) is 2.07.